The monoisotopic (exact) mass is 285 g/mol. The Morgan fingerprint density at radius 1 is 1.05 bits per heavy atom. The number of nitrogens with one attached hydrogen (secondary N) is 2. The molecule has 0 amide bonds. The van der Waals surface area contributed by atoms with Crippen molar-refractivity contribution in [2.45, 2.75) is 19.8 Å². The van der Waals surface area contributed by atoms with E-state index in [9.17, 15) is 8.42 Å². The summed E-state index contributed by atoms with van der Waals surface area (Å²) in [4.78, 5) is 2.03. The van der Waals surface area contributed by atoms with Gasteiger partial charge < -0.3 is 4.90 Å². The fraction of sp³-hybridized carbons (Fsp3) is 0.538. The minimum absolute atomic E-state index is 0.403. The van der Waals surface area contributed by atoms with E-state index in [1.807, 2.05) is 50.2 Å². The highest BCUT2D eigenvalue weighted by Crippen LogP contribution is 2.12. The number of hydrogen-bond acceptors (Lipinski definition) is 3. The van der Waals surface area contributed by atoms with Gasteiger partial charge in [0.15, 0.2) is 0 Å². The normalized spacial score (nSPS) is 11.5. The third-order valence-corrected chi connectivity index (χ3v) is 3.87. The second-order valence-corrected chi connectivity index (χ2v) is 6.19. The quantitative estimate of drug-likeness (QED) is 0.752. The SMILES string of the molecule is CCCNS(=O)(=O)NCCc1ccc(N(C)C)cc1. The molecule has 1 rings (SSSR count). The zero-order chi connectivity index (χ0) is 14.3. The van der Waals surface area contributed by atoms with Gasteiger partial charge in [-0.05, 0) is 30.5 Å². The smallest absolute Gasteiger partial charge is 0.276 e. The highest BCUT2D eigenvalue weighted by Gasteiger charge is 2.06. The van der Waals surface area contributed by atoms with E-state index in [0.717, 1.165) is 17.7 Å². The molecular weight excluding hydrogens is 262 g/mol. The maximum Gasteiger partial charge on any atom is 0.276 e. The summed E-state index contributed by atoms with van der Waals surface area (Å²) in [5.41, 5.74) is 2.25. The Bertz CT molecular complexity index is 469. The molecule has 0 radical (unpaired) electrons. The molecule has 0 aromatic heterocycles. The van der Waals surface area contributed by atoms with Crippen molar-refractivity contribution in [2.75, 3.05) is 32.1 Å². The van der Waals surface area contributed by atoms with Gasteiger partial charge >= 0.3 is 0 Å². The third kappa shape index (κ3) is 6.04. The average molecular weight is 285 g/mol. The van der Waals surface area contributed by atoms with Gasteiger partial charge in [-0.2, -0.15) is 8.42 Å². The van der Waals surface area contributed by atoms with Gasteiger partial charge in [0.25, 0.3) is 10.2 Å². The molecule has 0 aliphatic heterocycles. The van der Waals surface area contributed by atoms with E-state index in [0.29, 0.717) is 19.5 Å². The summed E-state index contributed by atoms with van der Waals surface area (Å²) in [6, 6.07) is 8.09. The highest BCUT2D eigenvalue weighted by molar-refractivity contribution is 7.87. The Kier molecular flexibility index (Phi) is 6.27. The van der Waals surface area contributed by atoms with Crippen molar-refractivity contribution in [3.05, 3.63) is 29.8 Å². The fourth-order valence-corrected chi connectivity index (χ4v) is 2.52. The van der Waals surface area contributed by atoms with Gasteiger partial charge in [-0.15, -0.1) is 0 Å². The summed E-state index contributed by atoms with van der Waals surface area (Å²) >= 11 is 0. The Balaban J connectivity index is 2.41. The summed E-state index contributed by atoms with van der Waals surface area (Å²) in [6.07, 6.45) is 1.47. The van der Waals surface area contributed by atoms with Crippen molar-refractivity contribution in [3.63, 3.8) is 0 Å². The lowest BCUT2D eigenvalue weighted by atomic mass is 10.1. The minimum Gasteiger partial charge on any atom is -0.378 e. The molecule has 0 atom stereocenters. The van der Waals surface area contributed by atoms with E-state index in [2.05, 4.69) is 9.44 Å². The summed E-state index contributed by atoms with van der Waals surface area (Å²) in [5.74, 6) is 0. The number of rotatable bonds is 8. The van der Waals surface area contributed by atoms with Crippen molar-refractivity contribution < 1.29 is 8.42 Å². The number of nitrogens with zero attached hydrogens (tertiary/aromatic N) is 1. The van der Waals surface area contributed by atoms with Crippen LogP contribution in [0.3, 0.4) is 0 Å². The predicted molar refractivity (Wildman–Crippen MR) is 79.7 cm³/mol. The molecule has 19 heavy (non-hydrogen) atoms. The first-order valence-electron chi connectivity index (χ1n) is 6.45. The van der Waals surface area contributed by atoms with Crippen molar-refractivity contribution >= 4 is 15.9 Å². The van der Waals surface area contributed by atoms with Crippen LogP contribution < -0.4 is 14.3 Å². The topological polar surface area (TPSA) is 61.4 Å². The first-order chi connectivity index (χ1) is 8.94. The molecule has 1 aromatic carbocycles. The van der Waals surface area contributed by atoms with E-state index in [1.54, 1.807) is 0 Å². The molecule has 0 saturated carbocycles. The molecule has 0 unspecified atom stereocenters. The van der Waals surface area contributed by atoms with Gasteiger partial charge in [0.05, 0.1) is 0 Å². The molecule has 6 heteroatoms. The Morgan fingerprint density at radius 3 is 2.16 bits per heavy atom. The molecule has 0 aliphatic carbocycles. The molecule has 5 nitrogen and oxygen atoms in total. The Morgan fingerprint density at radius 2 is 1.63 bits per heavy atom. The van der Waals surface area contributed by atoms with Crippen LogP contribution >= 0.6 is 0 Å². The van der Waals surface area contributed by atoms with E-state index in [1.165, 1.54) is 0 Å². The molecule has 2 N–H and O–H groups in total. The van der Waals surface area contributed by atoms with Crippen LogP contribution in [0, 0.1) is 0 Å². The standard InChI is InChI=1S/C13H23N3O2S/c1-4-10-14-19(17,18)15-11-9-12-5-7-13(8-6-12)16(2)3/h5-8,14-15H,4,9-11H2,1-3H3. The molecule has 0 fully saturated rings. The van der Waals surface area contributed by atoms with Crippen molar-refractivity contribution in [1.82, 2.24) is 9.44 Å². The van der Waals surface area contributed by atoms with Crippen molar-refractivity contribution in [2.24, 2.45) is 0 Å². The Labute approximate surface area is 116 Å². The van der Waals surface area contributed by atoms with Crippen LogP contribution in [0.2, 0.25) is 0 Å². The van der Waals surface area contributed by atoms with E-state index >= 15 is 0 Å². The van der Waals surface area contributed by atoms with Crippen molar-refractivity contribution in [3.8, 4) is 0 Å². The van der Waals surface area contributed by atoms with Gasteiger partial charge in [-0.3, -0.25) is 0 Å². The molecular formula is C13H23N3O2S. The third-order valence-electron chi connectivity index (χ3n) is 2.70. The second-order valence-electron chi connectivity index (χ2n) is 4.60. The minimum atomic E-state index is -3.34. The highest BCUT2D eigenvalue weighted by atomic mass is 32.2. The molecule has 1 aromatic rings. The summed E-state index contributed by atoms with van der Waals surface area (Å²) in [7, 11) is 0.634. The van der Waals surface area contributed by atoms with Crippen LogP contribution in [0.25, 0.3) is 0 Å². The van der Waals surface area contributed by atoms with E-state index < -0.39 is 10.2 Å². The van der Waals surface area contributed by atoms with Crippen LogP contribution in [-0.2, 0) is 16.6 Å². The lowest BCUT2D eigenvalue weighted by Gasteiger charge is -2.12. The van der Waals surface area contributed by atoms with Crippen LogP contribution in [0.1, 0.15) is 18.9 Å². The van der Waals surface area contributed by atoms with Gasteiger partial charge in [-0.1, -0.05) is 19.1 Å². The Hall–Kier alpha value is -1.11. The molecule has 0 aliphatic rings. The maximum absolute atomic E-state index is 11.5. The van der Waals surface area contributed by atoms with Crippen LogP contribution in [0.15, 0.2) is 24.3 Å². The summed E-state index contributed by atoms with van der Waals surface area (Å²) < 4.78 is 28.0. The molecule has 108 valence electrons. The lowest BCUT2D eigenvalue weighted by Crippen LogP contribution is -2.37. The van der Waals surface area contributed by atoms with E-state index in [4.69, 9.17) is 0 Å². The van der Waals surface area contributed by atoms with E-state index in [-0.39, 0.29) is 0 Å². The molecule has 0 heterocycles. The molecule has 0 spiro atoms. The van der Waals surface area contributed by atoms with Gasteiger partial charge in [-0.25, -0.2) is 9.44 Å². The zero-order valence-corrected chi connectivity index (χ0v) is 12.6. The summed E-state index contributed by atoms with van der Waals surface area (Å²) in [6.45, 7) is 2.79. The average Bonchev–Trinajstić information content (AvgIpc) is 2.37. The predicted octanol–water partition coefficient (Wildman–Crippen LogP) is 1.13. The number of anilines is 1. The summed E-state index contributed by atoms with van der Waals surface area (Å²) in [5, 5.41) is 0. The van der Waals surface area contributed by atoms with Gasteiger partial charge in [0, 0.05) is 32.9 Å². The van der Waals surface area contributed by atoms with Crippen LogP contribution in [0.4, 0.5) is 5.69 Å². The maximum atomic E-state index is 11.5. The molecule has 0 saturated heterocycles. The first kappa shape index (κ1) is 15.9. The molecule has 0 bridgehead atoms. The second kappa shape index (κ2) is 7.47. The van der Waals surface area contributed by atoms with Gasteiger partial charge in [0.1, 0.15) is 0 Å². The van der Waals surface area contributed by atoms with Crippen LogP contribution in [0.5, 0.6) is 0 Å². The first-order valence-corrected chi connectivity index (χ1v) is 7.93. The van der Waals surface area contributed by atoms with Crippen LogP contribution in [-0.4, -0.2) is 35.6 Å². The zero-order valence-electron chi connectivity index (χ0n) is 11.8. The fourth-order valence-electron chi connectivity index (χ4n) is 1.58. The number of hydrogen-bond donors (Lipinski definition) is 2. The lowest BCUT2D eigenvalue weighted by molar-refractivity contribution is 0.566. The largest absolute Gasteiger partial charge is 0.378 e. The van der Waals surface area contributed by atoms with Crippen molar-refractivity contribution in [1.29, 1.82) is 0 Å². The van der Waals surface area contributed by atoms with Gasteiger partial charge in [0.2, 0.25) is 0 Å². The number of benzene rings is 1.